The van der Waals surface area contributed by atoms with Crippen LogP contribution in [0, 0.1) is 11.8 Å². The van der Waals surface area contributed by atoms with Gasteiger partial charge in [-0.25, -0.2) is 4.98 Å². The standard InChI is InChI=1S/C15H27N3S/c1-12(2)8-16-9-14-4-6-18(11-14)10-13(3)15-17-5-7-19-15/h5,7,12-14,16H,4,6,8-11H2,1-3H3. The number of rotatable bonds is 7. The topological polar surface area (TPSA) is 28.2 Å². The molecule has 0 bridgehead atoms. The van der Waals surface area contributed by atoms with Crippen LogP contribution in [0.2, 0.25) is 0 Å². The molecule has 2 rings (SSSR count). The van der Waals surface area contributed by atoms with Crippen molar-refractivity contribution in [3.8, 4) is 0 Å². The quantitative estimate of drug-likeness (QED) is 0.833. The third-order valence-electron chi connectivity index (χ3n) is 3.76. The van der Waals surface area contributed by atoms with Gasteiger partial charge in [0.05, 0.1) is 5.01 Å². The fourth-order valence-corrected chi connectivity index (χ4v) is 3.45. The van der Waals surface area contributed by atoms with Gasteiger partial charge in [-0.15, -0.1) is 11.3 Å². The number of hydrogen-bond donors (Lipinski definition) is 1. The van der Waals surface area contributed by atoms with Crippen LogP contribution in [0.15, 0.2) is 11.6 Å². The molecule has 0 aliphatic carbocycles. The third kappa shape index (κ3) is 4.86. The van der Waals surface area contributed by atoms with Crippen LogP contribution in [0.5, 0.6) is 0 Å². The van der Waals surface area contributed by atoms with Gasteiger partial charge in [-0.1, -0.05) is 20.8 Å². The highest BCUT2D eigenvalue weighted by atomic mass is 32.1. The molecule has 4 heteroatoms. The van der Waals surface area contributed by atoms with Crippen LogP contribution in [-0.2, 0) is 0 Å². The minimum absolute atomic E-state index is 0.572. The van der Waals surface area contributed by atoms with Crippen LogP contribution >= 0.6 is 11.3 Å². The summed E-state index contributed by atoms with van der Waals surface area (Å²) >= 11 is 1.78. The molecule has 1 aromatic rings. The zero-order chi connectivity index (χ0) is 13.7. The summed E-state index contributed by atoms with van der Waals surface area (Å²) in [7, 11) is 0. The Bertz CT molecular complexity index is 350. The lowest BCUT2D eigenvalue weighted by molar-refractivity contribution is 0.305. The molecule has 1 saturated heterocycles. The summed E-state index contributed by atoms with van der Waals surface area (Å²) in [6, 6.07) is 0. The summed E-state index contributed by atoms with van der Waals surface area (Å²) in [4.78, 5) is 7.03. The van der Waals surface area contributed by atoms with E-state index < -0.39 is 0 Å². The first kappa shape index (κ1) is 14.9. The van der Waals surface area contributed by atoms with E-state index in [0.29, 0.717) is 5.92 Å². The van der Waals surface area contributed by atoms with Crippen molar-refractivity contribution in [2.45, 2.75) is 33.1 Å². The number of thiazole rings is 1. The maximum absolute atomic E-state index is 4.43. The van der Waals surface area contributed by atoms with Gasteiger partial charge in [0, 0.05) is 30.6 Å². The molecular weight excluding hydrogens is 254 g/mol. The van der Waals surface area contributed by atoms with Gasteiger partial charge in [0.1, 0.15) is 0 Å². The van der Waals surface area contributed by atoms with Crippen molar-refractivity contribution < 1.29 is 0 Å². The Morgan fingerprint density at radius 3 is 3.00 bits per heavy atom. The van der Waals surface area contributed by atoms with E-state index in [0.717, 1.165) is 24.9 Å². The summed E-state index contributed by atoms with van der Waals surface area (Å²) in [6.45, 7) is 12.8. The van der Waals surface area contributed by atoms with Crippen LogP contribution in [0.4, 0.5) is 0 Å². The van der Waals surface area contributed by atoms with Gasteiger partial charge in [0.2, 0.25) is 0 Å². The zero-order valence-corrected chi connectivity index (χ0v) is 13.2. The monoisotopic (exact) mass is 281 g/mol. The fourth-order valence-electron chi connectivity index (χ4n) is 2.76. The molecular formula is C15H27N3S. The summed E-state index contributed by atoms with van der Waals surface area (Å²) in [5, 5.41) is 6.95. The van der Waals surface area contributed by atoms with Crippen LogP contribution in [0.3, 0.4) is 0 Å². The van der Waals surface area contributed by atoms with Gasteiger partial charge in [0.15, 0.2) is 0 Å². The summed E-state index contributed by atoms with van der Waals surface area (Å²) in [5.41, 5.74) is 0. The average Bonchev–Trinajstić information content (AvgIpc) is 2.99. The van der Waals surface area contributed by atoms with Crippen LogP contribution in [-0.4, -0.2) is 42.6 Å². The normalized spacial score (nSPS) is 22.2. The van der Waals surface area contributed by atoms with Crippen molar-refractivity contribution >= 4 is 11.3 Å². The maximum atomic E-state index is 4.43. The first-order valence-electron chi connectivity index (χ1n) is 7.47. The molecule has 1 N–H and O–H groups in total. The largest absolute Gasteiger partial charge is 0.316 e. The molecule has 1 aliphatic heterocycles. The maximum Gasteiger partial charge on any atom is 0.0965 e. The molecule has 0 spiro atoms. The highest BCUT2D eigenvalue weighted by Crippen LogP contribution is 2.22. The molecule has 0 radical (unpaired) electrons. The van der Waals surface area contributed by atoms with Crippen LogP contribution < -0.4 is 5.32 Å². The second-order valence-electron chi connectivity index (χ2n) is 6.24. The van der Waals surface area contributed by atoms with Crippen molar-refractivity contribution in [3.05, 3.63) is 16.6 Å². The van der Waals surface area contributed by atoms with Crippen LogP contribution in [0.25, 0.3) is 0 Å². The number of hydrogen-bond acceptors (Lipinski definition) is 4. The lowest BCUT2D eigenvalue weighted by atomic mass is 10.1. The van der Waals surface area contributed by atoms with Crippen molar-refractivity contribution in [1.29, 1.82) is 0 Å². The van der Waals surface area contributed by atoms with E-state index in [2.05, 4.69) is 41.4 Å². The van der Waals surface area contributed by atoms with Gasteiger partial charge in [0.25, 0.3) is 0 Å². The van der Waals surface area contributed by atoms with Crippen LogP contribution in [0.1, 0.15) is 38.1 Å². The molecule has 19 heavy (non-hydrogen) atoms. The highest BCUT2D eigenvalue weighted by molar-refractivity contribution is 7.09. The second-order valence-corrected chi connectivity index (χ2v) is 7.16. The molecule has 1 aromatic heterocycles. The highest BCUT2D eigenvalue weighted by Gasteiger charge is 2.24. The molecule has 0 saturated carbocycles. The van der Waals surface area contributed by atoms with Gasteiger partial charge < -0.3 is 10.2 Å². The van der Waals surface area contributed by atoms with E-state index in [-0.39, 0.29) is 0 Å². The van der Waals surface area contributed by atoms with E-state index >= 15 is 0 Å². The lowest BCUT2D eigenvalue weighted by Crippen LogP contribution is -2.30. The molecule has 108 valence electrons. The lowest BCUT2D eigenvalue weighted by Gasteiger charge is -2.20. The predicted octanol–water partition coefficient (Wildman–Crippen LogP) is 2.81. The summed E-state index contributed by atoms with van der Waals surface area (Å²) in [6.07, 6.45) is 3.26. The van der Waals surface area contributed by atoms with Crippen molar-refractivity contribution in [3.63, 3.8) is 0 Å². The van der Waals surface area contributed by atoms with Crippen molar-refractivity contribution in [1.82, 2.24) is 15.2 Å². The molecule has 1 aliphatic rings. The smallest absolute Gasteiger partial charge is 0.0965 e. The first-order valence-corrected chi connectivity index (χ1v) is 8.35. The average molecular weight is 281 g/mol. The predicted molar refractivity (Wildman–Crippen MR) is 82.8 cm³/mol. The van der Waals surface area contributed by atoms with E-state index in [1.165, 1.54) is 31.1 Å². The molecule has 2 heterocycles. The van der Waals surface area contributed by atoms with E-state index in [4.69, 9.17) is 0 Å². The SMILES string of the molecule is CC(C)CNCC1CCN(CC(C)c2nccs2)C1. The number of nitrogens with one attached hydrogen (secondary N) is 1. The molecule has 0 amide bonds. The molecule has 3 nitrogen and oxygen atoms in total. The van der Waals surface area contributed by atoms with E-state index in [9.17, 15) is 0 Å². The van der Waals surface area contributed by atoms with Crippen molar-refractivity contribution in [2.24, 2.45) is 11.8 Å². The molecule has 0 aromatic carbocycles. The van der Waals surface area contributed by atoms with Crippen molar-refractivity contribution in [2.75, 3.05) is 32.7 Å². The Morgan fingerprint density at radius 2 is 2.32 bits per heavy atom. The fraction of sp³-hybridized carbons (Fsp3) is 0.800. The number of aromatic nitrogens is 1. The Kier molecular flexibility index (Phi) is 5.79. The Hall–Kier alpha value is -0.450. The minimum atomic E-state index is 0.572. The molecule has 2 atom stereocenters. The van der Waals surface area contributed by atoms with E-state index in [1.807, 2.05) is 6.20 Å². The van der Waals surface area contributed by atoms with Gasteiger partial charge >= 0.3 is 0 Å². The second kappa shape index (κ2) is 7.36. The third-order valence-corrected chi connectivity index (χ3v) is 4.77. The molecule has 2 unspecified atom stereocenters. The van der Waals surface area contributed by atoms with Gasteiger partial charge in [-0.3, -0.25) is 0 Å². The Balaban J connectivity index is 1.67. The first-order chi connectivity index (χ1) is 9.15. The Labute approximate surface area is 121 Å². The Morgan fingerprint density at radius 1 is 1.47 bits per heavy atom. The summed E-state index contributed by atoms with van der Waals surface area (Å²) < 4.78 is 0. The van der Waals surface area contributed by atoms with E-state index in [1.54, 1.807) is 11.3 Å². The number of nitrogens with zero attached hydrogens (tertiary/aromatic N) is 2. The summed E-state index contributed by atoms with van der Waals surface area (Å²) in [5.74, 6) is 2.16. The zero-order valence-electron chi connectivity index (χ0n) is 12.4. The number of likely N-dealkylation sites (tertiary alicyclic amines) is 1. The van der Waals surface area contributed by atoms with Gasteiger partial charge in [-0.2, -0.15) is 0 Å². The minimum Gasteiger partial charge on any atom is -0.316 e. The molecule has 1 fully saturated rings. The van der Waals surface area contributed by atoms with Gasteiger partial charge in [-0.05, 0) is 37.9 Å².